The highest BCUT2D eigenvalue weighted by Crippen LogP contribution is 2.24. The second kappa shape index (κ2) is 6.08. The molecule has 6 heteroatoms. The molecule has 0 amide bonds. The lowest BCUT2D eigenvalue weighted by atomic mass is 10.0. The SMILES string of the molecule is O=[N+]([O-])c1cccc(CN2CCCCC2CO)c1F. The summed E-state index contributed by atoms with van der Waals surface area (Å²) in [5.74, 6) is -0.769. The van der Waals surface area contributed by atoms with Gasteiger partial charge in [-0.2, -0.15) is 4.39 Å². The summed E-state index contributed by atoms with van der Waals surface area (Å²) in [4.78, 5) is 12.0. The fraction of sp³-hybridized carbons (Fsp3) is 0.538. The van der Waals surface area contributed by atoms with Crippen LogP contribution in [0.5, 0.6) is 0 Å². The van der Waals surface area contributed by atoms with Crippen molar-refractivity contribution in [1.29, 1.82) is 0 Å². The molecular formula is C13H17FN2O3. The van der Waals surface area contributed by atoms with Crippen LogP contribution in [-0.4, -0.2) is 34.1 Å². The highest BCUT2D eigenvalue weighted by molar-refractivity contribution is 5.36. The minimum atomic E-state index is -0.769. The molecule has 1 unspecified atom stereocenters. The van der Waals surface area contributed by atoms with Crippen molar-refractivity contribution in [2.45, 2.75) is 31.8 Å². The van der Waals surface area contributed by atoms with Gasteiger partial charge in [-0.05, 0) is 19.4 Å². The molecule has 104 valence electrons. The Labute approximate surface area is 110 Å². The molecule has 1 aromatic rings. The number of likely N-dealkylation sites (tertiary alicyclic amines) is 1. The molecule has 0 aliphatic carbocycles. The van der Waals surface area contributed by atoms with Crippen LogP contribution >= 0.6 is 0 Å². The molecule has 1 aliphatic heterocycles. The number of piperidine rings is 1. The van der Waals surface area contributed by atoms with Crippen molar-refractivity contribution in [2.24, 2.45) is 0 Å². The number of hydrogen-bond donors (Lipinski definition) is 1. The van der Waals surface area contributed by atoms with Gasteiger partial charge < -0.3 is 5.11 Å². The van der Waals surface area contributed by atoms with Crippen molar-refractivity contribution >= 4 is 5.69 Å². The molecule has 2 rings (SSSR count). The molecule has 1 atom stereocenters. The quantitative estimate of drug-likeness (QED) is 0.670. The summed E-state index contributed by atoms with van der Waals surface area (Å²) in [6.45, 7) is 1.13. The van der Waals surface area contributed by atoms with E-state index in [0.717, 1.165) is 25.8 Å². The molecule has 0 radical (unpaired) electrons. The van der Waals surface area contributed by atoms with E-state index in [9.17, 15) is 19.6 Å². The van der Waals surface area contributed by atoms with Gasteiger partial charge in [0.1, 0.15) is 0 Å². The third-order valence-corrected chi connectivity index (χ3v) is 3.59. The van der Waals surface area contributed by atoms with Crippen LogP contribution in [-0.2, 0) is 6.54 Å². The van der Waals surface area contributed by atoms with Crippen LogP contribution in [0.25, 0.3) is 0 Å². The number of aliphatic hydroxyl groups is 1. The molecule has 1 aliphatic rings. The van der Waals surface area contributed by atoms with Crippen LogP contribution in [0.2, 0.25) is 0 Å². The van der Waals surface area contributed by atoms with E-state index in [4.69, 9.17) is 0 Å². The number of halogens is 1. The molecule has 0 saturated carbocycles. The van der Waals surface area contributed by atoms with Gasteiger partial charge in [-0.1, -0.05) is 18.6 Å². The number of rotatable bonds is 4. The minimum absolute atomic E-state index is 0.0208. The summed E-state index contributed by atoms with van der Waals surface area (Å²) >= 11 is 0. The third kappa shape index (κ3) is 3.08. The van der Waals surface area contributed by atoms with E-state index >= 15 is 0 Å². The normalized spacial score (nSPS) is 20.4. The molecule has 1 heterocycles. The van der Waals surface area contributed by atoms with E-state index in [1.54, 1.807) is 6.07 Å². The monoisotopic (exact) mass is 268 g/mol. The van der Waals surface area contributed by atoms with E-state index in [-0.39, 0.29) is 12.6 Å². The first-order chi connectivity index (χ1) is 9.13. The summed E-state index contributed by atoms with van der Waals surface area (Å²) in [6.07, 6.45) is 2.94. The minimum Gasteiger partial charge on any atom is -0.395 e. The van der Waals surface area contributed by atoms with Crippen molar-refractivity contribution in [3.05, 3.63) is 39.7 Å². The summed E-state index contributed by atoms with van der Waals surface area (Å²) in [6, 6.07) is 4.24. The van der Waals surface area contributed by atoms with E-state index in [1.165, 1.54) is 12.1 Å². The third-order valence-electron chi connectivity index (χ3n) is 3.59. The van der Waals surface area contributed by atoms with Gasteiger partial charge >= 0.3 is 5.69 Å². The number of nitrogens with zero attached hydrogens (tertiary/aromatic N) is 2. The standard InChI is InChI=1S/C13H17FN2O3/c14-13-10(4-3-6-12(13)16(18)19)8-15-7-2-1-5-11(15)9-17/h3-4,6,11,17H,1-2,5,7-9H2. The van der Waals surface area contributed by atoms with Crippen molar-refractivity contribution in [2.75, 3.05) is 13.2 Å². The first-order valence-electron chi connectivity index (χ1n) is 6.40. The van der Waals surface area contributed by atoms with Crippen molar-refractivity contribution in [3.8, 4) is 0 Å². The van der Waals surface area contributed by atoms with E-state index < -0.39 is 16.4 Å². The van der Waals surface area contributed by atoms with Crippen molar-refractivity contribution in [1.82, 2.24) is 4.90 Å². The fourth-order valence-electron chi connectivity index (χ4n) is 2.52. The average molecular weight is 268 g/mol. The largest absolute Gasteiger partial charge is 0.395 e. The highest BCUT2D eigenvalue weighted by Gasteiger charge is 2.24. The number of aliphatic hydroxyl groups excluding tert-OH is 1. The number of hydrogen-bond acceptors (Lipinski definition) is 4. The van der Waals surface area contributed by atoms with Gasteiger partial charge in [0.25, 0.3) is 0 Å². The predicted octanol–water partition coefficient (Wildman–Crippen LogP) is 2.08. The summed E-state index contributed by atoms with van der Waals surface area (Å²) in [5, 5.41) is 20.0. The fourth-order valence-corrected chi connectivity index (χ4v) is 2.52. The van der Waals surface area contributed by atoms with Crippen LogP contribution in [0, 0.1) is 15.9 Å². The Balaban J connectivity index is 2.18. The molecule has 1 saturated heterocycles. The average Bonchev–Trinajstić information content (AvgIpc) is 2.41. The Kier molecular flexibility index (Phi) is 4.44. The van der Waals surface area contributed by atoms with Gasteiger partial charge in [-0.25, -0.2) is 0 Å². The molecular weight excluding hydrogens is 251 g/mol. The predicted molar refractivity (Wildman–Crippen MR) is 68.2 cm³/mol. The van der Waals surface area contributed by atoms with Crippen molar-refractivity contribution in [3.63, 3.8) is 0 Å². The summed E-state index contributed by atoms with van der Waals surface area (Å²) < 4.78 is 14.0. The van der Waals surface area contributed by atoms with Crippen LogP contribution in [0.15, 0.2) is 18.2 Å². The number of benzene rings is 1. The second-order valence-electron chi connectivity index (χ2n) is 4.81. The van der Waals surface area contributed by atoms with Crippen molar-refractivity contribution < 1.29 is 14.4 Å². The Morgan fingerprint density at radius 3 is 2.95 bits per heavy atom. The van der Waals surface area contributed by atoms with Crippen LogP contribution < -0.4 is 0 Å². The second-order valence-corrected chi connectivity index (χ2v) is 4.81. The van der Waals surface area contributed by atoms with Gasteiger partial charge in [0.2, 0.25) is 5.82 Å². The zero-order chi connectivity index (χ0) is 13.8. The lowest BCUT2D eigenvalue weighted by Crippen LogP contribution is -2.41. The summed E-state index contributed by atoms with van der Waals surface area (Å²) in [5.41, 5.74) is -0.176. The molecule has 1 aromatic carbocycles. The molecule has 0 bridgehead atoms. The maximum absolute atomic E-state index is 14.0. The Bertz CT molecular complexity index is 467. The lowest BCUT2D eigenvalue weighted by molar-refractivity contribution is -0.387. The molecule has 19 heavy (non-hydrogen) atoms. The smallest absolute Gasteiger partial charge is 0.305 e. The Morgan fingerprint density at radius 1 is 1.47 bits per heavy atom. The van der Waals surface area contributed by atoms with E-state index in [2.05, 4.69) is 0 Å². The first-order valence-corrected chi connectivity index (χ1v) is 6.40. The number of nitro groups is 1. The molecule has 0 aromatic heterocycles. The van der Waals surface area contributed by atoms with Gasteiger partial charge in [0.15, 0.2) is 0 Å². The van der Waals surface area contributed by atoms with Gasteiger partial charge in [-0.3, -0.25) is 15.0 Å². The van der Waals surface area contributed by atoms with Gasteiger partial charge in [0, 0.05) is 24.2 Å². The van der Waals surface area contributed by atoms with Crippen LogP contribution in [0.3, 0.4) is 0 Å². The first kappa shape index (κ1) is 13.9. The zero-order valence-electron chi connectivity index (χ0n) is 10.6. The lowest BCUT2D eigenvalue weighted by Gasteiger charge is -2.34. The maximum Gasteiger partial charge on any atom is 0.305 e. The maximum atomic E-state index is 14.0. The molecule has 1 fully saturated rings. The summed E-state index contributed by atoms with van der Waals surface area (Å²) in [7, 11) is 0. The highest BCUT2D eigenvalue weighted by atomic mass is 19.1. The van der Waals surface area contributed by atoms with Crippen LogP contribution in [0.4, 0.5) is 10.1 Å². The molecule has 1 N–H and O–H groups in total. The molecule has 5 nitrogen and oxygen atoms in total. The van der Waals surface area contributed by atoms with Crippen LogP contribution in [0.1, 0.15) is 24.8 Å². The van der Waals surface area contributed by atoms with E-state index in [0.29, 0.717) is 12.1 Å². The van der Waals surface area contributed by atoms with Gasteiger partial charge in [0.05, 0.1) is 11.5 Å². The molecule has 0 spiro atoms. The Morgan fingerprint density at radius 2 is 2.26 bits per heavy atom. The van der Waals surface area contributed by atoms with E-state index in [1.807, 2.05) is 4.90 Å². The topological polar surface area (TPSA) is 66.6 Å². The zero-order valence-corrected chi connectivity index (χ0v) is 10.6. The Hall–Kier alpha value is -1.53. The van der Waals surface area contributed by atoms with Gasteiger partial charge in [-0.15, -0.1) is 0 Å². The number of nitro benzene ring substituents is 1.